The number of rotatable bonds is 9. The molecule has 2 saturated carbocycles. The van der Waals surface area contributed by atoms with Crippen molar-refractivity contribution in [2.75, 3.05) is 6.61 Å². The van der Waals surface area contributed by atoms with Crippen LogP contribution >= 0.6 is 0 Å². The lowest BCUT2D eigenvalue weighted by atomic mass is 9.78. The highest BCUT2D eigenvalue weighted by atomic mass is 19.4. The molecular formula is C36H37F5N2O4. The zero-order valence-corrected chi connectivity index (χ0v) is 26.3. The van der Waals surface area contributed by atoms with Gasteiger partial charge in [0, 0.05) is 22.7 Å². The molecule has 1 saturated heterocycles. The Kier molecular flexibility index (Phi) is 9.27. The number of alkyl halides is 4. The molecule has 0 N–H and O–H groups in total. The van der Waals surface area contributed by atoms with Crippen molar-refractivity contribution >= 4 is 12.1 Å². The molecule has 0 radical (unpaired) electrons. The summed E-state index contributed by atoms with van der Waals surface area (Å²) in [5.74, 6) is -0.354. The molecule has 1 amide bonds. The Hall–Kier alpha value is -4.02. The average Bonchev–Trinajstić information content (AvgIpc) is 3.87. The predicted molar refractivity (Wildman–Crippen MR) is 163 cm³/mol. The van der Waals surface area contributed by atoms with E-state index in [4.69, 9.17) is 14.5 Å². The van der Waals surface area contributed by atoms with Crippen LogP contribution in [0.3, 0.4) is 0 Å². The van der Waals surface area contributed by atoms with E-state index in [1.165, 1.54) is 17.0 Å². The van der Waals surface area contributed by atoms with Gasteiger partial charge in [0.2, 0.25) is 0 Å². The van der Waals surface area contributed by atoms with Crippen LogP contribution in [0, 0.1) is 11.7 Å². The summed E-state index contributed by atoms with van der Waals surface area (Å²) in [6.07, 6.45) is -1.68. The molecule has 0 spiro atoms. The van der Waals surface area contributed by atoms with E-state index < -0.39 is 42.5 Å². The molecule has 3 aromatic rings. The SMILES string of the molecule is CCOC(=O)C1CCC(c2ccc(F)c(-c3ccc(C4CC4)nc3CN3C(=O)O[C@H](c4cc(CF)cc(C(F)(F)F)c4)[C@@H]3C)c2)CC1. The normalized spacial score (nSPS) is 23.1. The topological polar surface area (TPSA) is 68.7 Å². The number of cyclic esters (lactones) is 1. The Balaban J connectivity index is 1.29. The quantitative estimate of drug-likeness (QED) is 0.170. The van der Waals surface area contributed by atoms with E-state index >= 15 is 4.39 Å². The van der Waals surface area contributed by atoms with Crippen LogP contribution in [-0.4, -0.2) is 34.6 Å². The fourth-order valence-corrected chi connectivity index (χ4v) is 6.86. The number of pyridine rings is 1. The van der Waals surface area contributed by atoms with E-state index in [0.29, 0.717) is 36.3 Å². The van der Waals surface area contributed by atoms with Gasteiger partial charge in [0.15, 0.2) is 0 Å². The summed E-state index contributed by atoms with van der Waals surface area (Å²) in [6.45, 7) is 2.62. The first-order chi connectivity index (χ1) is 22.5. The van der Waals surface area contributed by atoms with E-state index in [0.717, 1.165) is 49.1 Å². The van der Waals surface area contributed by atoms with Crippen molar-refractivity contribution in [1.82, 2.24) is 9.88 Å². The second-order valence-electron chi connectivity index (χ2n) is 12.8. The number of hydrogen-bond donors (Lipinski definition) is 0. The molecule has 3 fully saturated rings. The molecule has 47 heavy (non-hydrogen) atoms. The minimum absolute atomic E-state index is 0.0483. The summed E-state index contributed by atoms with van der Waals surface area (Å²) in [7, 11) is 0. The molecule has 3 aliphatic rings. The van der Waals surface area contributed by atoms with Crippen LogP contribution in [0.5, 0.6) is 0 Å². The maximum Gasteiger partial charge on any atom is 0.416 e. The van der Waals surface area contributed by atoms with Gasteiger partial charge in [-0.05, 0) is 111 Å². The molecule has 0 bridgehead atoms. The van der Waals surface area contributed by atoms with E-state index in [9.17, 15) is 27.2 Å². The lowest BCUT2D eigenvalue weighted by Crippen LogP contribution is -2.32. The van der Waals surface area contributed by atoms with Gasteiger partial charge in [-0.3, -0.25) is 14.7 Å². The van der Waals surface area contributed by atoms with Gasteiger partial charge in [-0.25, -0.2) is 13.6 Å². The summed E-state index contributed by atoms with van der Waals surface area (Å²) in [5, 5.41) is 0. The predicted octanol–water partition coefficient (Wildman–Crippen LogP) is 9.17. The number of carbonyl (C=O) groups is 2. The molecule has 6 nitrogen and oxygen atoms in total. The smallest absolute Gasteiger partial charge is 0.416 e. The Morgan fingerprint density at radius 3 is 2.34 bits per heavy atom. The highest BCUT2D eigenvalue weighted by Crippen LogP contribution is 2.43. The summed E-state index contributed by atoms with van der Waals surface area (Å²) in [4.78, 5) is 31.7. The number of amides is 1. The zero-order valence-electron chi connectivity index (χ0n) is 26.3. The van der Waals surface area contributed by atoms with Crippen LogP contribution in [0.15, 0.2) is 48.5 Å². The summed E-state index contributed by atoms with van der Waals surface area (Å²) in [5.41, 5.74) is 1.94. The molecule has 1 aliphatic heterocycles. The highest BCUT2D eigenvalue weighted by molar-refractivity contribution is 5.73. The third kappa shape index (κ3) is 6.99. The van der Waals surface area contributed by atoms with E-state index in [1.54, 1.807) is 19.9 Å². The van der Waals surface area contributed by atoms with Crippen molar-refractivity contribution in [2.45, 2.75) is 95.7 Å². The lowest BCUT2D eigenvalue weighted by Gasteiger charge is -2.28. The van der Waals surface area contributed by atoms with Gasteiger partial charge in [0.25, 0.3) is 0 Å². The molecular weight excluding hydrogens is 619 g/mol. The first-order valence-electron chi connectivity index (χ1n) is 16.2. The van der Waals surface area contributed by atoms with Gasteiger partial charge < -0.3 is 9.47 Å². The third-order valence-corrected chi connectivity index (χ3v) is 9.63. The molecule has 1 aromatic heterocycles. The number of nitrogens with zero attached hydrogens (tertiary/aromatic N) is 2. The number of halogens is 5. The molecule has 250 valence electrons. The fourth-order valence-electron chi connectivity index (χ4n) is 6.86. The Bertz CT molecular complexity index is 1650. The second-order valence-corrected chi connectivity index (χ2v) is 12.8. The summed E-state index contributed by atoms with van der Waals surface area (Å²) in [6, 6.07) is 10.9. The van der Waals surface area contributed by atoms with Crippen molar-refractivity contribution in [3.05, 3.63) is 88.0 Å². The number of benzene rings is 2. The first kappa shape index (κ1) is 32.9. The number of esters is 1. The number of ether oxygens (including phenoxy) is 2. The van der Waals surface area contributed by atoms with Crippen LogP contribution in [0.25, 0.3) is 11.1 Å². The standard InChI is InChI=1S/C36H37F5N2O4/c1-3-46-34(44)24-8-4-22(5-9-24)25-10-12-30(38)29(17-25)28-11-13-31(23-6-7-23)42-32(28)19-43-20(2)33(47-35(43)45)26-14-21(18-37)15-27(16-26)36(39,40)41/h10-17,20,22-24,33H,3-9,18-19H2,1-2H3/t20-,22?,24?,33-/m0/s1. The third-order valence-electron chi connectivity index (χ3n) is 9.63. The Morgan fingerprint density at radius 2 is 1.68 bits per heavy atom. The van der Waals surface area contributed by atoms with Gasteiger partial charge in [-0.15, -0.1) is 0 Å². The minimum Gasteiger partial charge on any atom is -0.466 e. The zero-order chi connectivity index (χ0) is 33.5. The molecule has 6 rings (SSSR count). The second kappa shape index (κ2) is 13.2. The molecule has 11 heteroatoms. The van der Waals surface area contributed by atoms with Crippen LogP contribution < -0.4 is 0 Å². The van der Waals surface area contributed by atoms with E-state index in [-0.39, 0.29) is 41.4 Å². The van der Waals surface area contributed by atoms with Crippen LogP contribution in [0.1, 0.15) is 104 Å². The number of aromatic nitrogens is 1. The Labute approximate surface area is 270 Å². The van der Waals surface area contributed by atoms with Crippen LogP contribution in [0.4, 0.5) is 26.7 Å². The molecule has 2 heterocycles. The van der Waals surface area contributed by atoms with Crippen molar-refractivity contribution in [2.24, 2.45) is 5.92 Å². The summed E-state index contributed by atoms with van der Waals surface area (Å²) >= 11 is 0. The van der Waals surface area contributed by atoms with Gasteiger partial charge in [-0.1, -0.05) is 12.1 Å². The number of carbonyl (C=O) groups excluding carboxylic acids is 2. The maximum atomic E-state index is 15.6. The van der Waals surface area contributed by atoms with Crippen molar-refractivity contribution in [1.29, 1.82) is 0 Å². The van der Waals surface area contributed by atoms with E-state index in [2.05, 4.69) is 0 Å². The van der Waals surface area contributed by atoms with Crippen molar-refractivity contribution in [3.63, 3.8) is 0 Å². The van der Waals surface area contributed by atoms with Crippen molar-refractivity contribution in [3.8, 4) is 11.1 Å². The molecule has 0 unspecified atom stereocenters. The summed E-state index contributed by atoms with van der Waals surface area (Å²) < 4.78 is 80.6. The fraction of sp³-hybridized carbons (Fsp3) is 0.472. The molecule has 2 aromatic carbocycles. The highest BCUT2D eigenvalue weighted by Gasteiger charge is 2.42. The van der Waals surface area contributed by atoms with Gasteiger partial charge in [-0.2, -0.15) is 13.2 Å². The van der Waals surface area contributed by atoms with Gasteiger partial charge in [0.1, 0.15) is 18.6 Å². The number of hydrogen-bond acceptors (Lipinski definition) is 5. The molecule has 2 aliphatic carbocycles. The largest absolute Gasteiger partial charge is 0.466 e. The van der Waals surface area contributed by atoms with Gasteiger partial charge in [0.05, 0.1) is 36.4 Å². The molecule has 2 atom stereocenters. The average molecular weight is 657 g/mol. The van der Waals surface area contributed by atoms with Crippen LogP contribution in [-0.2, 0) is 33.7 Å². The maximum absolute atomic E-state index is 15.6. The first-order valence-corrected chi connectivity index (χ1v) is 16.2. The lowest BCUT2D eigenvalue weighted by molar-refractivity contribution is -0.149. The minimum atomic E-state index is -4.70. The monoisotopic (exact) mass is 656 g/mol. The van der Waals surface area contributed by atoms with E-state index in [1.807, 2.05) is 18.2 Å². The van der Waals surface area contributed by atoms with Crippen LogP contribution in [0.2, 0.25) is 0 Å². The Morgan fingerprint density at radius 1 is 0.957 bits per heavy atom. The van der Waals surface area contributed by atoms with Crippen molar-refractivity contribution < 1.29 is 41.0 Å². The van der Waals surface area contributed by atoms with Gasteiger partial charge >= 0.3 is 18.2 Å².